The Morgan fingerprint density at radius 2 is 2.25 bits per heavy atom. The van der Waals surface area contributed by atoms with Crippen molar-refractivity contribution in [3.05, 3.63) is 12.7 Å². The molecular formula is C14H26N4O2. The Morgan fingerprint density at radius 3 is 2.80 bits per heavy atom. The Kier molecular flexibility index (Phi) is 6.51. The van der Waals surface area contributed by atoms with Gasteiger partial charge in [0.1, 0.15) is 6.54 Å². The third kappa shape index (κ3) is 5.61. The monoisotopic (exact) mass is 282 g/mol. The average Bonchev–Trinajstić information content (AvgIpc) is 2.84. The van der Waals surface area contributed by atoms with Gasteiger partial charge in [0, 0.05) is 33.8 Å². The molecule has 6 nitrogen and oxygen atoms in total. The Balaban J connectivity index is 2.52. The maximum Gasteiger partial charge on any atom is 0.243 e. The van der Waals surface area contributed by atoms with Crippen LogP contribution in [0.2, 0.25) is 0 Å². The number of aliphatic imine (C=N–C) groups is 1. The molecule has 0 radical (unpaired) electrons. The summed E-state index contributed by atoms with van der Waals surface area (Å²) in [5.41, 5.74) is -0.151. The van der Waals surface area contributed by atoms with E-state index in [0.29, 0.717) is 19.0 Å². The minimum Gasteiger partial charge on any atom is -0.373 e. The first-order chi connectivity index (χ1) is 9.47. The van der Waals surface area contributed by atoms with E-state index in [0.717, 1.165) is 19.4 Å². The van der Waals surface area contributed by atoms with Crippen LogP contribution in [-0.4, -0.2) is 62.7 Å². The summed E-state index contributed by atoms with van der Waals surface area (Å²) < 4.78 is 5.72. The van der Waals surface area contributed by atoms with Gasteiger partial charge in [-0.1, -0.05) is 6.08 Å². The summed E-state index contributed by atoms with van der Waals surface area (Å²) in [6.45, 7) is 7.95. The van der Waals surface area contributed by atoms with E-state index in [2.05, 4.69) is 29.1 Å². The van der Waals surface area contributed by atoms with Crippen molar-refractivity contribution in [3.8, 4) is 0 Å². The summed E-state index contributed by atoms with van der Waals surface area (Å²) in [6.07, 6.45) is 3.87. The van der Waals surface area contributed by atoms with Gasteiger partial charge in [-0.25, -0.2) is 4.99 Å². The second-order valence-electron chi connectivity index (χ2n) is 5.38. The lowest BCUT2D eigenvalue weighted by Crippen LogP contribution is -2.46. The minimum absolute atomic E-state index is 0.0342. The molecule has 1 rings (SSSR count). The van der Waals surface area contributed by atoms with Crippen molar-refractivity contribution in [3.63, 3.8) is 0 Å². The molecule has 1 amide bonds. The summed E-state index contributed by atoms with van der Waals surface area (Å²) in [5, 5.41) is 6.33. The number of guanidine groups is 1. The SMILES string of the molecule is C=CCNC(=NCC(=O)N(C)C)NCC1(C)CCCO1. The number of likely N-dealkylation sites (N-methyl/N-ethyl adjacent to an activating group) is 1. The van der Waals surface area contributed by atoms with Crippen LogP contribution >= 0.6 is 0 Å². The molecule has 0 aromatic rings. The first-order valence-electron chi connectivity index (χ1n) is 6.94. The molecule has 1 atom stereocenters. The standard InChI is InChI=1S/C14H26N4O2/c1-5-8-15-13(16-10-12(19)18(3)4)17-11-14(2)7-6-9-20-14/h5H,1,6-11H2,2-4H3,(H2,15,16,17). The minimum atomic E-state index is -0.151. The van der Waals surface area contributed by atoms with Crippen LogP contribution in [0.15, 0.2) is 17.6 Å². The highest BCUT2D eigenvalue weighted by molar-refractivity contribution is 5.84. The molecule has 1 aliphatic heterocycles. The highest BCUT2D eigenvalue weighted by atomic mass is 16.5. The number of carbonyl (C=O) groups is 1. The molecule has 20 heavy (non-hydrogen) atoms. The topological polar surface area (TPSA) is 66.0 Å². The van der Waals surface area contributed by atoms with E-state index < -0.39 is 0 Å². The smallest absolute Gasteiger partial charge is 0.243 e. The maximum absolute atomic E-state index is 11.6. The maximum atomic E-state index is 11.6. The highest BCUT2D eigenvalue weighted by Gasteiger charge is 2.29. The van der Waals surface area contributed by atoms with E-state index in [-0.39, 0.29) is 18.1 Å². The Bertz CT molecular complexity index is 360. The second kappa shape index (κ2) is 7.89. The molecule has 0 spiro atoms. The number of nitrogens with one attached hydrogen (secondary N) is 2. The number of hydrogen-bond donors (Lipinski definition) is 2. The molecule has 0 saturated carbocycles. The zero-order chi connectivity index (χ0) is 15.0. The summed E-state index contributed by atoms with van der Waals surface area (Å²) >= 11 is 0. The van der Waals surface area contributed by atoms with Gasteiger partial charge in [-0.05, 0) is 19.8 Å². The van der Waals surface area contributed by atoms with Crippen molar-refractivity contribution >= 4 is 11.9 Å². The van der Waals surface area contributed by atoms with Crippen molar-refractivity contribution in [1.82, 2.24) is 15.5 Å². The molecule has 2 N–H and O–H groups in total. The number of hydrogen-bond acceptors (Lipinski definition) is 3. The Labute approximate surface area is 121 Å². The van der Waals surface area contributed by atoms with Crippen molar-refractivity contribution < 1.29 is 9.53 Å². The van der Waals surface area contributed by atoms with Crippen LogP contribution in [0.1, 0.15) is 19.8 Å². The lowest BCUT2D eigenvalue weighted by atomic mass is 10.0. The molecule has 0 bridgehead atoms. The predicted octanol–water partition coefficient (Wildman–Crippen LogP) is 0.365. The lowest BCUT2D eigenvalue weighted by molar-refractivity contribution is -0.127. The summed E-state index contributed by atoms with van der Waals surface area (Å²) in [6, 6.07) is 0. The van der Waals surface area contributed by atoms with Gasteiger partial charge < -0.3 is 20.3 Å². The quantitative estimate of drug-likeness (QED) is 0.419. The summed E-state index contributed by atoms with van der Waals surface area (Å²) in [5.74, 6) is 0.574. The molecule has 0 aromatic heterocycles. The third-order valence-corrected chi connectivity index (χ3v) is 3.22. The average molecular weight is 282 g/mol. The molecular weight excluding hydrogens is 256 g/mol. The zero-order valence-corrected chi connectivity index (χ0v) is 12.7. The number of rotatable bonds is 6. The van der Waals surface area contributed by atoms with Gasteiger partial charge in [0.05, 0.1) is 5.60 Å². The number of carbonyl (C=O) groups excluding carboxylic acids is 1. The number of nitrogens with zero attached hydrogens (tertiary/aromatic N) is 2. The van der Waals surface area contributed by atoms with Crippen molar-refractivity contribution in [2.24, 2.45) is 4.99 Å². The van der Waals surface area contributed by atoms with Crippen LogP contribution in [0.3, 0.4) is 0 Å². The molecule has 1 fully saturated rings. The second-order valence-corrected chi connectivity index (χ2v) is 5.38. The van der Waals surface area contributed by atoms with E-state index in [4.69, 9.17) is 4.74 Å². The van der Waals surface area contributed by atoms with Crippen LogP contribution in [0, 0.1) is 0 Å². The number of ether oxygens (including phenoxy) is 1. The molecule has 1 heterocycles. The van der Waals surface area contributed by atoms with Crippen molar-refractivity contribution in [2.45, 2.75) is 25.4 Å². The lowest BCUT2D eigenvalue weighted by Gasteiger charge is -2.24. The van der Waals surface area contributed by atoms with Crippen LogP contribution in [0.5, 0.6) is 0 Å². The third-order valence-electron chi connectivity index (χ3n) is 3.22. The van der Waals surface area contributed by atoms with Crippen LogP contribution in [-0.2, 0) is 9.53 Å². The van der Waals surface area contributed by atoms with Crippen LogP contribution in [0.25, 0.3) is 0 Å². The van der Waals surface area contributed by atoms with Gasteiger partial charge in [0.15, 0.2) is 5.96 Å². The van der Waals surface area contributed by atoms with Crippen molar-refractivity contribution in [1.29, 1.82) is 0 Å². The molecule has 114 valence electrons. The summed E-state index contributed by atoms with van der Waals surface area (Å²) in [7, 11) is 3.44. The summed E-state index contributed by atoms with van der Waals surface area (Å²) in [4.78, 5) is 17.4. The Morgan fingerprint density at radius 1 is 1.50 bits per heavy atom. The van der Waals surface area contributed by atoms with Gasteiger partial charge in [0.2, 0.25) is 5.91 Å². The first-order valence-corrected chi connectivity index (χ1v) is 6.94. The van der Waals surface area contributed by atoms with Gasteiger partial charge >= 0.3 is 0 Å². The number of amides is 1. The van der Waals surface area contributed by atoms with E-state index >= 15 is 0 Å². The zero-order valence-electron chi connectivity index (χ0n) is 12.7. The molecule has 1 saturated heterocycles. The van der Waals surface area contributed by atoms with E-state index in [1.807, 2.05) is 0 Å². The fourth-order valence-electron chi connectivity index (χ4n) is 1.88. The van der Waals surface area contributed by atoms with Gasteiger partial charge in [0.25, 0.3) is 0 Å². The van der Waals surface area contributed by atoms with Gasteiger partial charge in [-0.3, -0.25) is 4.79 Å². The Hall–Kier alpha value is -1.56. The molecule has 1 unspecified atom stereocenters. The van der Waals surface area contributed by atoms with Crippen molar-refractivity contribution in [2.75, 3.05) is 40.3 Å². The fraction of sp³-hybridized carbons (Fsp3) is 0.714. The fourth-order valence-corrected chi connectivity index (χ4v) is 1.88. The van der Waals surface area contributed by atoms with Crippen LogP contribution in [0.4, 0.5) is 0 Å². The molecule has 1 aliphatic rings. The first kappa shape index (κ1) is 16.5. The van der Waals surface area contributed by atoms with E-state index in [1.54, 1.807) is 20.2 Å². The largest absolute Gasteiger partial charge is 0.373 e. The van der Waals surface area contributed by atoms with Gasteiger partial charge in [-0.2, -0.15) is 0 Å². The van der Waals surface area contributed by atoms with E-state index in [9.17, 15) is 4.79 Å². The van der Waals surface area contributed by atoms with Gasteiger partial charge in [-0.15, -0.1) is 6.58 Å². The highest BCUT2D eigenvalue weighted by Crippen LogP contribution is 2.23. The predicted molar refractivity (Wildman–Crippen MR) is 80.8 cm³/mol. The molecule has 6 heteroatoms. The molecule has 0 aliphatic carbocycles. The van der Waals surface area contributed by atoms with E-state index in [1.165, 1.54) is 4.90 Å². The molecule has 0 aromatic carbocycles. The van der Waals surface area contributed by atoms with Crippen LogP contribution < -0.4 is 10.6 Å². The normalized spacial score (nSPS) is 22.4.